The van der Waals surface area contributed by atoms with E-state index in [9.17, 15) is 4.39 Å². The van der Waals surface area contributed by atoms with Gasteiger partial charge in [0.15, 0.2) is 0 Å². The van der Waals surface area contributed by atoms with E-state index in [1.165, 1.54) is 6.07 Å². The summed E-state index contributed by atoms with van der Waals surface area (Å²) in [6.07, 6.45) is 2.51. The van der Waals surface area contributed by atoms with Gasteiger partial charge in [0, 0.05) is 10.7 Å². The second-order valence-corrected chi connectivity index (χ2v) is 5.71. The highest BCUT2D eigenvalue weighted by molar-refractivity contribution is 9.10. The van der Waals surface area contributed by atoms with Gasteiger partial charge in [0.2, 0.25) is 0 Å². The van der Waals surface area contributed by atoms with E-state index in [1.54, 1.807) is 12.3 Å². The highest BCUT2D eigenvalue weighted by Gasteiger charge is 2.15. The lowest BCUT2D eigenvalue weighted by Gasteiger charge is -2.19. The Morgan fingerprint density at radius 3 is 2.80 bits per heavy atom. The number of aryl methyl sites for hydroxylation is 1. The van der Waals surface area contributed by atoms with Crippen molar-refractivity contribution in [2.24, 2.45) is 0 Å². The van der Waals surface area contributed by atoms with Gasteiger partial charge in [-0.3, -0.25) is 4.98 Å². The van der Waals surface area contributed by atoms with E-state index in [0.717, 1.165) is 27.8 Å². The average molecular weight is 337 g/mol. The normalized spacial score (nSPS) is 12.4. The molecule has 0 radical (unpaired) electrons. The summed E-state index contributed by atoms with van der Waals surface area (Å²) in [5.74, 6) is -0.220. The van der Waals surface area contributed by atoms with Crippen molar-refractivity contribution in [1.82, 2.24) is 10.3 Å². The molecule has 1 aromatic heterocycles. The van der Waals surface area contributed by atoms with Gasteiger partial charge in [0.05, 0.1) is 11.7 Å². The molecule has 1 atom stereocenters. The van der Waals surface area contributed by atoms with Crippen LogP contribution in [0, 0.1) is 12.7 Å². The fourth-order valence-electron chi connectivity index (χ4n) is 2.34. The van der Waals surface area contributed by atoms with Crippen LogP contribution in [-0.4, -0.2) is 11.5 Å². The molecule has 0 aliphatic carbocycles. The van der Waals surface area contributed by atoms with E-state index in [-0.39, 0.29) is 11.9 Å². The topological polar surface area (TPSA) is 24.9 Å². The number of halogens is 2. The average Bonchev–Trinajstić information content (AvgIpc) is 2.37. The van der Waals surface area contributed by atoms with Crippen LogP contribution < -0.4 is 5.32 Å². The quantitative estimate of drug-likeness (QED) is 0.885. The minimum atomic E-state index is -0.220. The molecule has 4 heteroatoms. The zero-order chi connectivity index (χ0) is 14.5. The zero-order valence-corrected chi connectivity index (χ0v) is 13.2. The smallest absolute Gasteiger partial charge is 0.124 e. The Bertz CT molecular complexity index is 566. The van der Waals surface area contributed by atoms with Gasteiger partial charge in [-0.1, -0.05) is 28.9 Å². The molecular formula is C16H18BrFN2. The summed E-state index contributed by atoms with van der Waals surface area (Å²) in [5.41, 5.74) is 3.12. The molecule has 1 aromatic carbocycles. The van der Waals surface area contributed by atoms with Crippen molar-refractivity contribution in [3.8, 4) is 0 Å². The molecule has 2 rings (SSSR count). The Kier molecular flexibility index (Phi) is 5.26. The van der Waals surface area contributed by atoms with Crippen molar-refractivity contribution in [2.45, 2.75) is 26.3 Å². The summed E-state index contributed by atoms with van der Waals surface area (Å²) in [7, 11) is 0. The van der Waals surface area contributed by atoms with Crippen LogP contribution in [0.2, 0.25) is 0 Å². The van der Waals surface area contributed by atoms with Crippen LogP contribution in [0.1, 0.15) is 29.8 Å². The van der Waals surface area contributed by atoms with Gasteiger partial charge in [-0.15, -0.1) is 0 Å². The molecule has 0 amide bonds. The molecule has 1 heterocycles. The maximum atomic E-state index is 13.5. The van der Waals surface area contributed by atoms with Crippen molar-refractivity contribution >= 4 is 15.9 Å². The Morgan fingerprint density at radius 1 is 1.35 bits per heavy atom. The van der Waals surface area contributed by atoms with Crippen LogP contribution in [0.5, 0.6) is 0 Å². The van der Waals surface area contributed by atoms with Gasteiger partial charge in [0.25, 0.3) is 0 Å². The minimum Gasteiger partial charge on any atom is -0.309 e. The second-order valence-electron chi connectivity index (χ2n) is 4.80. The molecule has 0 bridgehead atoms. The molecule has 2 nitrogen and oxygen atoms in total. The molecular weight excluding hydrogens is 319 g/mol. The van der Waals surface area contributed by atoms with Crippen molar-refractivity contribution in [2.75, 3.05) is 6.54 Å². The summed E-state index contributed by atoms with van der Waals surface area (Å²) >= 11 is 3.34. The molecule has 0 saturated heterocycles. The number of benzene rings is 1. The number of nitrogens with zero attached hydrogens (tertiary/aromatic N) is 1. The van der Waals surface area contributed by atoms with Crippen molar-refractivity contribution in [1.29, 1.82) is 0 Å². The van der Waals surface area contributed by atoms with Crippen LogP contribution in [0.4, 0.5) is 4.39 Å². The summed E-state index contributed by atoms with van der Waals surface area (Å²) in [6.45, 7) is 4.96. The van der Waals surface area contributed by atoms with Gasteiger partial charge in [0.1, 0.15) is 5.82 Å². The van der Waals surface area contributed by atoms with Crippen LogP contribution in [-0.2, 0) is 6.42 Å². The number of pyridine rings is 1. The van der Waals surface area contributed by atoms with Crippen LogP contribution in [0.3, 0.4) is 0 Å². The monoisotopic (exact) mass is 336 g/mol. The standard InChI is InChI=1S/C16H18BrFN2/c1-3-19-15(16-11(2)5-4-6-20-16)9-12-7-13(17)10-14(18)8-12/h4-8,10,15,19H,3,9H2,1-2H3. The first-order valence-electron chi connectivity index (χ1n) is 6.70. The van der Waals surface area contributed by atoms with E-state index in [0.29, 0.717) is 6.42 Å². The third kappa shape index (κ3) is 3.87. The molecule has 0 aliphatic rings. The molecule has 1 N–H and O–H groups in total. The lowest BCUT2D eigenvalue weighted by molar-refractivity contribution is 0.531. The van der Waals surface area contributed by atoms with E-state index in [4.69, 9.17) is 0 Å². The second kappa shape index (κ2) is 6.95. The highest BCUT2D eigenvalue weighted by Crippen LogP contribution is 2.22. The first kappa shape index (κ1) is 15.1. The van der Waals surface area contributed by atoms with Gasteiger partial charge in [-0.25, -0.2) is 4.39 Å². The van der Waals surface area contributed by atoms with Crippen LogP contribution >= 0.6 is 15.9 Å². The minimum absolute atomic E-state index is 0.0925. The van der Waals surface area contributed by atoms with Crippen LogP contribution in [0.25, 0.3) is 0 Å². The van der Waals surface area contributed by atoms with Gasteiger partial charge in [-0.05, 0) is 55.3 Å². The zero-order valence-electron chi connectivity index (χ0n) is 11.7. The lowest BCUT2D eigenvalue weighted by atomic mass is 10.00. The molecule has 2 aromatic rings. The van der Waals surface area contributed by atoms with Crippen molar-refractivity contribution in [3.63, 3.8) is 0 Å². The fourth-order valence-corrected chi connectivity index (χ4v) is 2.85. The summed E-state index contributed by atoms with van der Waals surface area (Å²) in [4.78, 5) is 4.47. The first-order valence-corrected chi connectivity index (χ1v) is 7.49. The predicted octanol–water partition coefficient (Wildman–Crippen LogP) is 4.18. The number of hydrogen-bond donors (Lipinski definition) is 1. The van der Waals surface area contributed by atoms with Gasteiger partial charge in [-0.2, -0.15) is 0 Å². The number of rotatable bonds is 5. The molecule has 20 heavy (non-hydrogen) atoms. The lowest BCUT2D eigenvalue weighted by Crippen LogP contribution is -2.24. The molecule has 0 fully saturated rings. The Hall–Kier alpha value is -1.26. The number of likely N-dealkylation sites (N-methyl/N-ethyl adjacent to an activating group) is 1. The molecule has 1 unspecified atom stereocenters. The molecule has 0 spiro atoms. The predicted molar refractivity (Wildman–Crippen MR) is 83.2 cm³/mol. The third-order valence-electron chi connectivity index (χ3n) is 3.19. The Labute approximate surface area is 127 Å². The van der Waals surface area contributed by atoms with E-state index >= 15 is 0 Å². The molecule has 106 valence electrons. The largest absolute Gasteiger partial charge is 0.309 e. The third-order valence-corrected chi connectivity index (χ3v) is 3.65. The fraction of sp³-hybridized carbons (Fsp3) is 0.312. The number of hydrogen-bond acceptors (Lipinski definition) is 2. The first-order chi connectivity index (χ1) is 9.60. The van der Waals surface area contributed by atoms with Gasteiger partial charge >= 0.3 is 0 Å². The van der Waals surface area contributed by atoms with E-state index in [2.05, 4.69) is 33.2 Å². The molecule has 0 saturated carbocycles. The summed E-state index contributed by atoms with van der Waals surface area (Å²) in [6, 6.07) is 9.07. The summed E-state index contributed by atoms with van der Waals surface area (Å²) in [5, 5.41) is 3.43. The van der Waals surface area contributed by atoms with Gasteiger partial charge < -0.3 is 5.32 Å². The number of aromatic nitrogens is 1. The van der Waals surface area contributed by atoms with Crippen LogP contribution in [0.15, 0.2) is 41.0 Å². The van der Waals surface area contributed by atoms with E-state index < -0.39 is 0 Å². The van der Waals surface area contributed by atoms with Crippen molar-refractivity contribution in [3.05, 3.63) is 63.6 Å². The van der Waals surface area contributed by atoms with E-state index in [1.807, 2.05) is 25.1 Å². The van der Waals surface area contributed by atoms with Crippen molar-refractivity contribution < 1.29 is 4.39 Å². The maximum Gasteiger partial charge on any atom is 0.124 e. The SMILES string of the molecule is CCNC(Cc1cc(F)cc(Br)c1)c1ncccc1C. The molecule has 0 aliphatic heterocycles. The number of nitrogens with one attached hydrogen (secondary N) is 1. The Balaban J connectivity index is 2.28. The highest BCUT2D eigenvalue weighted by atomic mass is 79.9. The Morgan fingerprint density at radius 2 is 2.15 bits per heavy atom. The maximum absolute atomic E-state index is 13.5. The summed E-state index contributed by atoms with van der Waals surface area (Å²) < 4.78 is 14.2.